The fourth-order valence-electron chi connectivity index (χ4n) is 1.46. The zero-order valence-electron chi connectivity index (χ0n) is 10.1. The maximum absolute atomic E-state index is 11.5. The van der Waals surface area contributed by atoms with Gasteiger partial charge in [-0.2, -0.15) is 0 Å². The first-order valence-electron chi connectivity index (χ1n) is 5.54. The van der Waals surface area contributed by atoms with Gasteiger partial charge in [-0.25, -0.2) is 4.98 Å². The number of amides is 1. The van der Waals surface area contributed by atoms with Crippen molar-refractivity contribution in [2.75, 3.05) is 5.32 Å². The normalized spacial score (nSPS) is 12.2. The minimum absolute atomic E-state index is 0.0488. The van der Waals surface area contributed by atoms with Gasteiger partial charge in [-0.3, -0.25) is 4.79 Å². The standard InChI is InChI=1S/C13H13BrN2OS/c1-8(14)13(17)16-11-5-3-10(4-6-11)12-7-18-9(2)15-12/h3-8H,1-2H3,(H,16,17). The highest BCUT2D eigenvalue weighted by molar-refractivity contribution is 9.10. The van der Waals surface area contributed by atoms with Crippen molar-refractivity contribution in [3.63, 3.8) is 0 Å². The molecular weight excluding hydrogens is 312 g/mol. The zero-order chi connectivity index (χ0) is 13.1. The molecule has 1 unspecified atom stereocenters. The molecule has 2 aromatic rings. The summed E-state index contributed by atoms with van der Waals surface area (Å²) in [6, 6.07) is 7.70. The molecular formula is C13H13BrN2OS. The van der Waals surface area contributed by atoms with Crippen molar-refractivity contribution in [3.05, 3.63) is 34.7 Å². The highest BCUT2D eigenvalue weighted by Gasteiger charge is 2.08. The number of alkyl halides is 1. The molecule has 94 valence electrons. The zero-order valence-corrected chi connectivity index (χ0v) is 12.5. The molecule has 0 saturated carbocycles. The Bertz CT molecular complexity index is 548. The van der Waals surface area contributed by atoms with Crippen LogP contribution in [-0.4, -0.2) is 15.7 Å². The lowest BCUT2D eigenvalue weighted by atomic mass is 10.1. The van der Waals surface area contributed by atoms with E-state index in [-0.39, 0.29) is 10.7 Å². The molecule has 1 heterocycles. The van der Waals surface area contributed by atoms with Crippen molar-refractivity contribution in [1.29, 1.82) is 0 Å². The summed E-state index contributed by atoms with van der Waals surface area (Å²) in [5, 5.41) is 5.90. The largest absolute Gasteiger partial charge is 0.325 e. The Hall–Kier alpha value is -1.20. The molecule has 1 amide bonds. The van der Waals surface area contributed by atoms with Gasteiger partial charge in [0.25, 0.3) is 0 Å². The molecule has 18 heavy (non-hydrogen) atoms. The van der Waals surface area contributed by atoms with Crippen LogP contribution in [0.2, 0.25) is 0 Å². The molecule has 1 aromatic carbocycles. The first-order valence-corrected chi connectivity index (χ1v) is 7.33. The highest BCUT2D eigenvalue weighted by atomic mass is 79.9. The second kappa shape index (κ2) is 5.63. The number of aryl methyl sites for hydroxylation is 1. The smallest absolute Gasteiger partial charge is 0.237 e. The Morgan fingerprint density at radius 3 is 2.56 bits per heavy atom. The van der Waals surface area contributed by atoms with E-state index in [9.17, 15) is 4.79 Å². The number of carbonyl (C=O) groups excluding carboxylic acids is 1. The second-order valence-electron chi connectivity index (χ2n) is 3.93. The summed E-state index contributed by atoms with van der Waals surface area (Å²) < 4.78 is 0. The Labute approximate surface area is 118 Å². The average molecular weight is 325 g/mol. The van der Waals surface area contributed by atoms with Crippen LogP contribution in [0.4, 0.5) is 5.69 Å². The Kier molecular flexibility index (Phi) is 4.14. The van der Waals surface area contributed by atoms with Gasteiger partial charge >= 0.3 is 0 Å². The minimum atomic E-state index is -0.196. The first kappa shape index (κ1) is 13.2. The molecule has 0 aliphatic rings. The fraction of sp³-hybridized carbons (Fsp3) is 0.231. The molecule has 0 radical (unpaired) electrons. The van der Waals surface area contributed by atoms with E-state index in [4.69, 9.17) is 0 Å². The number of nitrogens with zero attached hydrogens (tertiary/aromatic N) is 1. The molecule has 0 aliphatic heterocycles. The highest BCUT2D eigenvalue weighted by Crippen LogP contribution is 2.23. The van der Waals surface area contributed by atoms with Crippen LogP contribution in [0.3, 0.4) is 0 Å². The van der Waals surface area contributed by atoms with Crippen LogP contribution < -0.4 is 5.32 Å². The molecule has 0 bridgehead atoms. The lowest BCUT2D eigenvalue weighted by Gasteiger charge is -2.07. The number of halogens is 1. The van der Waals surface area contributed by atoms with Gasteiger partial charge in [-0.1, -0.05) is 28.1 Å². The third kappa shape index (κ3) is 3.17. The predicted molar refractivity (Wildman–Crippen MR) is 79.3 cm³/mol. The SMILES string of the molecule is Cc1nc(-c2ccc(NC(=O)C(C)Br)cc2)cs1. The third-order valence-electron chi connectivity index (χ3n) is 2.43. The van der Waals surface area contributed by atoms with E-state index < -0.39 is 0 Å². The van der Waals surface area contributed by atoms with Gasteiger partial charge in [0.2, 0.25) is 5.91 Å². The molecule has 0 spiro atoms. The summed E-state index contributed by atoms with van der Waals surface area (Å²) in [6.07, 6.45) is 0. The van der Waals surface area contributed by atoms with Crippen LogP contribution in [0.15, 0.2) is 29.6 Å². The van der Waals surface area contributed by atoms with Gasteiger partial charge < -0.3 is 5.32 Å². The van der Waals surface area contributed by atoms with E-state index in [1.807, 2.05) is 36.6 Å². The molecule has 0 saturated heterocycles. The van der Waals surface area contributed by atoms with Crippen molar-refractivity contribution < 1.29 is 4.79 Å². The number of hydrogen-bond acceptors (Lipinski definition) is 3. The second-order valence-corrected chi connectivity index (χ2v) is 6.37. The van der Waals surface area contributed by atoms with Crippen LogP contribution >= 0.6 is 27.3 Å². The summed E-state index contributed by atoms with van der Waals surface area (Å²) in [5.41, 5.74) is 2.83. The summed E-state index contributed by atoms with van der Waals surface area (Å²) >= 11 is 4.86. The number of carbonyl (C=O) groups is 1. The van der Waals surface area contributed by atoms with Gasteiger partial charge in [0.05, 0.1) is 15.5 Å². The van der Waals surface area contributed by atoms with Gasteiger partial charge in [-0.15, -0.1) is 11.3 Å². The van der Waals surface area contributed by atoms with E-state index in [2.05, 4.69) is 26.2 Å². The summed E-state index contributed by atoms with van der Waals surface area (Å²) in [5.74, 6) is -0.0488. The maximum Gasteiger partial charge on any atom is 0.237 e. The van der Waals surface area contributed by atoms with Crippen LogP contribution in [0, 0.1) is 6.92 Å². The van der Waals surface area contributed by atoms with Crippen LogP contribution in [0.25, 0.3) is 11.3 Å². The average Bonchev–Trinajstić information content (AvgIpc) is 2.76. The predicted octanol–water partition coefficient (Wildman–Crippen LogP) is 3.84. The van der Waals surface area contributed by atoms with Gasteiger partial charge in [-0.05, 0) is 26.0 Å². The molecule has 1 aromatic heterocycles. The summed E-state index contributed by atoms with van der Waals surface area (Å²) in [7, 11) is 0. The molecule has 1 atom stereocenters. The van der Waals surface area contributed by atoms with Crippen molar-refractivity contribution in [1.82, 2.24) is 4.98 Å². The number of anilines is 1. The first-order chi connectivity index (χ1) is 8.56. The third-order valence-corrected chi connectivity index (χ3v) is 3.62. The van der Waals surface area contributed by atoms with Crippen molar-refractivity contribution >= 4 is 38.9 Å². The molecule has 2 rings (SSSR count). The molecule has 3 nitrogen and oxygen atoms in total. The van der Waals surface area contributed by atoms with Crippen LogP contribution in [-0.2, 0) is 4.79 Å². The Balaban J connectivity index is 2.13. The topological polar surface area (TPSA) is 42.0 Å². The maximum atomic E-state index is 11.5. The lowest BCUT2D eigenvalue weighted by molar-refractivity contribution is -0.115. The minimum Gasteiger partial charge on any atom is -0.325 e. The summed E-state index contributed by atoms with van der Waals surface area (Å²) in [4.78, 5) is 15.7. The summed E-state index contributed by atoms with van der Waals surface area (Å²) in [6.45, 7) is 3.78. The molecule has 5 heteroatoms. The van der Waals surface area contributed by atoms with Crippen molar-refractivity contribution in [2.24, 2.45) is 0 Å². The number of benzene rings is 1. The van der Waals surface area contributed by atoms with Crippen molar-refractivity contribution in [2.45, 2.75) is 18.7 Å². The van der Waals surface area contributed by atoms with Gasteiger partial charge in [0.15, 0.2) is 0 Å². The number of nitrogens with one attached hydrogen (secondary N) is 1. The Morgan fingerprint density at radius 1 is 1.39 bits per heavy atom. The number of hydrogen-bond donors (Lipinski definition) is 1. The van der Waals surface area contributed by atoms with Crippen LogP contribution in [0.1, 0.15) is 11.9 Å². The van der Waals surface area contributed by atoms with E-state index >= 15 is 0 Å². The number of thiazole rings is 1. The van der Waals surface area contributed by atoms with E-state index in [1.54, 1.807) is 18.3 Å². The molecule has 0 fully saturated rings. The monoisotopic (exact) mass is 324 g/mol. The quantitative estimate of drug-likeness (QED) is 0.871. The van der Waals surface area contributed by atoms with E-state index in [0.29, 0.717) is 0 Å². The number of aromatic nitrogens is 1. The van der Waals surface area contributed by atoms with Crippen molar-refractivity contribution in [3.8, 4) is 11.3 Å². The Morgan fingerprint density at radius 2 is 2.06 bits per heavy atom. The van der Waals surface area contributed by atoms with Crippen LogP contribution in [0.5, 0.6) is 0 Å². The molecule has 0 aliphatic carbocycles. The number of rotatable bonds is 3. The van der Waals surface area contributed by atoms with Gasteiger partial charge in [0.1, 0.15) is 0 Å². The van der Waals surface area contributed by atoms with E-state index in [0.717, 1.165) is 22.0 Å². The molecule has 1 N–H and O–H groups in total. The van der Waals surface area contributed by atoms with E-state index in [1.165, 1.54) is 0 Å². The lowest BCUT2D eigenvalue weighted by Crippen LogP contribution is -2.19. The van der Waals surface area contributed by atoms with Gasteiger partial charge in [0, 0.05) is 16.6 Å². The fourth-order valence-corrected chi connectivity index (χ4v) is 2.20.